The van der Waals surface area contributed by atoms with E-state index in [1.807, 2.05) is 6.07 Å². The molecule has 0 N–H and O–H groups in total. The van der Waals surface area contributed by atoms with Crippen molar-refractivity contribution in [2.45, 2.75) is 54.1 Å². The smallest absolute Gasteiger partial charge is 0.119 e. The number of benzene rings is 3. The summed E-state index contributed by atoms with van der Waals surface area (Å²) in [6.45, 7) is 0.648. The molecule has 5 rings (SSSR count). The summed E-state index contributed by atoms with van der Waals surface area (Å²) in [5.74, 6) is 7.21. The molecule has 0 amide bonds. The largest absolute Gasteiger partial charge is 0.497 e. The number of hydrogen-bond acceptors (Lipinski definition) is 6. The Kier molecular flexibility index (Phi) is 11.4. The molecule has 2 heterocycles. The zero-order valence-electron chi connectivity index (χ0n) is 22.9. The van der Waals surface area contributed by atoms with E-state index in [9.17, 15) is 0 Å². The molecule has 2 atom stereocenters. The molecule has 208 valence electrons. The Morgan fingerprint density at radius 2 is 1.79 bits per heavy atom. The third-order valence-electron chi connectivity index (χ3n) is 7.50. The first-order valence-electron chi connectivity index (χ1n) is 14.1. The summed E-state index contributed by atoms with van der Waals surface area (Å²) in [7, 11) is 1.76. The van der Waals surface area contributed by atoms with Crippen LogP contribution in [0.25, 0.3) is 10.8 Å². The third kappa shape index (κ3) is 8.19. The summed E-state index contributed by atoms with van der Waals surface area (Å²) in [5.41, 5.74) is 2.63. The van der Waals surface area contributed by atoms with Crippen molar-refractivity contribution in [1.82, 2.24) is 0 Å². The van der Waals surface area contributed by atoms with Gasteiger partial charge < -0.3 is 9.47 Å². The van der Waals surface area contributed by atoms with Crippen LogP contribution in [-0.2, 0) is 15.4 Å². The Labute approximate surface area is 251 Å². The quantitative estimate of drug-likeness (QED) is 0.204. The highest BCUT2D eigenvalue weighted by molar-refractivity contribution is 8.20. The van der Waals surface area contributed by atoms with Gasteiger partial charge in [-0.25, -0.2) is 0 Å². The zero-order chi connectivity index (χ0) is 26.8. The lowest BCUT2D eigenvalue weighted by Gasteiger charge is -2.27. The maximum Gasteiger partial charge on any atom is 0.119 e. The minimum Gasteiger partial charge on any atom is -0.497 e. The maximum absolute atomic E-state index is 6.69. The Balaban J connectivity index is 1.29. The van der Waals surface area contributed by atoms with Crippen LogP contribution in [0.5, 0.6) is 5.75 Å². The zero-order valence-corrected chi connectivity index (χ0v) is 26.2. The van der Waals surface area contributed by atoms with Gasteiger partial charge in [-0.05, 0) is 71.9 Å². The number of rotatable bonds is 11. The van der Waals surface area contributed by atoms with Gasteiger partial charge in [0.2, 0.25) is 0 Å². The van der Waals surface area contributed by atoms with E-state index in [4.69, 9.17) is 9.47 Å². The summed E-state index contributed by atoms with van der Waals surface area (Å²) < 4.78 is 12.3. The molecule has 2 aliphatic rings. The minimum absolute atomic E-state index is 0.0538. The highest BCUT2D eigenvalue weighted by Gasteiger charge is 2.36. The van der Waals surface area contributed by atoms with Crippen LogP contribution >= 0.6 is 47.0 Å². The lowest BCUT2D eigenvalue weighted by Crippen LogP contribution is -2.17. The fourth-order valence-corrected chi connectivity index (χ4v) is 11.0. The predicted molar refractivity (Wildman–Crippen MR) is 178 cm³/mol. The topological polar surface area (TPSA) is 18.5 Å². The van der Waals surface area contributed by atoms with Gasteiger partial charge in [-0.15, -0.1) is 23.5 Å². The molecular formula is C33H40O2S4. The Morgan fingerprint density at radius 3 is 2.69 bits per heavy atom. The molecule has 39 heavy (non-hydrogen) atoms. The van der Waals surface area contributed by atoms with Crippen molar-refractivity contribution in [3.8, 4) is 5.75 Å². The molecule has 0 spiro atoms. The van der Waals surface area contributed by atoms with Gasteiger partial charge >= 0.3 is 0 Å². The Bertz CT molecular complexity index is 1190. The summed E-state index contributed by atoms with van der Waals surface area (Å²) in [6, 6.07) is 23.9. The highest BCUT2D eigenvalue weighted by atomic mass is 32.2. The first kappa shape index (κ1) is 29.3. The molecule has 0 bridgehead atoms. The van der Waals surface area contributed by atoms with E-state index in [2.05, 4.69) is 120 Å². The molecule has 0 saturated carbocycles. The molecule has 3 aromatic rings. The molecule has 2 fully saturated rings. The molecule has 2 saturated heterocycles. The standard InChI is InChI=1S/C33H40O2S4/c1-34-30-12-5-11-28(24-30)33(38-22-23-39-33)18-6-13-29(16-17-31-14-7-19-36-20-21-37-31)35-25-27-10-4-9-26-8-2-3-15-32(26)27/h2-6,8-13,15,24,29,31H,7,14,16-23,25H2,1H3. The number of thioether (sulfide) groups is 4. The van der Waals surface area contributed by atoms with Crippen LogP contribution in [0.3, 0.4) is 0 Å². The Morgan fingerprint density at radius 1 is 0.949 bits per heavy atom. The lowest BCUT2D eigenvalue weighted by molar-refractivity contribution is 0.0655. The first-order valence-corrected chi connectivity index (χ1v) is 18.3. The van der Waals surface area contributed by atoms with Crippen LogP contribution in [0.1, 0.15) is 43.2 Å². The van der Waals surface area contributed by atoms with Crippen molar-refractivity contribution in [2.75, 3.05) is 35.9 Å². The highest BCUT2D eigenvalue weighted by Crippen LogP contribution is 2.55. The minimum atomic E-state index is 0.0538. The monoisotopic (exact) mass is 596 g/mol. The van der Waals surface area contributed by atoms with Crippen LogP contribution in [0.2, 0.25) is 0 Å². The van der Waals surface area contributed by atoms with Gasteiger partial charge in [0, 0.05) is 28.3 Å². The second-order valence-electron chi connectivity index (χ2n) is 10.1. The van der Waals surface area contributed by atoms with Crippen molar-refractivity contribution in [3.05, 3.63) is 90.0 Å². The van der Waals surface area contributed by atoms with E-state index < -0.39 is 0 Å². The Hall–Kier alpha value is -1.18. The van der Waals surface area contributed by atoms with Gasteiger partial charge in [-0.2, -0.15) is 23.5 Å². The molecule has 6 heteroatoms. The third-order valence-corrected chi connectivity index (χ3v) is 13.7. The fraction of sp³-hybridized carbons (Fsp3) is 0.455. The molecule has 2 aliphatic heterocycles. The number of fused-ring (bicyclic) bond motifs is 1. The second-order valence-corrected chi connectivity index (χ2v) is 15.8. The second kappa shape index (κ2) is 15.2. The van der Waals surface area contributed by atoms with Crippen molar-refractivity contribution in [3.63, 3.8) is 0 Å². The van der Waals surface area contributed by atoms with Crippen molar-refractivity contribution >= 4 is 57.8 Å². The van der Waals surface area contributed by atoms with E-state index in [1.165, 1.54) is 69.9 Å². The van der Waals surface area contributed by atoms with Crippen LogP contribution in [0, 0.1) is 0 Å². The summed E-state index contributed by atoms with van der Waals surface area (Å²) >= 11 is 8.45. The molecule has 0 aromatic heterocycles. The van der Waals surface area contributed by atoms with Gasteiger partial charge in [0.15, 0.2) is 0 Å². The van der Waals surface area contributed by atoms with Gasteiger partial charge in [-0.1, -0.05) is 66.7 Å². The van der Waals surface area contributed by atoms with E-state index in [0.717, 1.165) is 23.8 Å². The molecule has 2 nitrogen and oxygen atoms in total. The number of allylic oxidation sites excluding steroid dienone is 1. The van der Waals surface area contributed by atoms with E-state index in [1.54, 1.807) is 7.11 Å². The maximum atomic E-state index is 6.69. The average Bonchev–Trinajstić information content (AvgIpc) is 3.45. The fourth-order valence-electron chi connectivity index (χ4n) is 5.39. The number of methoxy groups -OCH3 is 1. The van der Waals surface area contributed by atoms with Crippen LogP contribution in [0.4, 0.5) is 0 Å². The van der Waals surface area contributed by atoms with Crippen LogP contribution < -0.4 is 4.74 Å². The molecule has 0 aliphatic carbocycles. The summed E-state index contributed by atoms with van der Waals surface area (Å²) in [5, 5.41) is 3.34. The average molecular weight is 597 g/mol. The van der Waals surface area contributed by atoms with Crippen LogP contribution in [0.15, 0.2) is 78.9 Å². The predicted octanol–water partition coefficient (Wildman–Crippen LogP) is 9.42. The number of ether oxygens (including phenoxy) is 2. The summed E-state index contributed by atoms with van der Waals surface area (Å²) in [6.07, 6.45) is 10.9. The van der Waals surface area contributed by atoms with Gasteiger partial charge in [0.1, 0.15) is 5.75 Å². The SMILES string of the molecule is COc1cccc(C2(CC=CC(CCC3CCCSCCS3)OCc3cccc4ccccc34)SCCS2)c1. The van der Waals surface area contributed by atoms with E-state index >= 15 is 0 Å². The van der Waals surface area contributed by atoms with E-state index in [-0.39, 0.29) is 10.2 Å². The molecule has 0 radical (unpaired) electrons. The molecule has 3 aromatic carbocycles. The normalized spacial score (nSPS) is 20.6. The molecular weight excluding hydrogens is 557 g/mol. The molecule has 2 unspecified atom stereocenters. The van der Waals surface area contributed by atoms with Crippen molar-refractivity contribution < 1.29 is 9.47 Å². The van der Waals surface area contributed by atoms with Crippen molar-refractivity contribution in [2.24, 2.45) is 0 Å². The van der Waals surface area contributed by atoms with Crippen LogP contribution in [-0.4, -0.2) is 47.2 Å². The number of hydrogen-bond donors (Lipinski definition) is 0. The van der Waals surface area contributed by atoms with E-state index in [0.29, 0.717) is 6.61 Å². The first-order chi connectivity index (χ1) is 19.3. The van der Waals surface area contributed by atoms with Gasteiger partial charge in [0.05, 0.1) is 23.9 Å². The lowest BCUT2D eigenvalue weighted by atomic mass is 10.0. The van der Waals surface area contributed by atoms with Crippen molar-refractivity contribution in [1.29, 1.82) is 0 Å². The summed E-state index contributed by atoms with van der Waals surface area (Å²) in [4.78, 5) is 0. The van der Waals surface area contributed by atoms with Gasteiger partial charge in [0.25, 0.3) is 0 Å². The van der Waals surface area contributed by atoms with Gasteiger partial charge in [-0.3, -0.25) is 0 Å².